The molecule has 2 aromatic carbocycles. The molecule has 0 unspecified atom stereocenters. The van der Waals surface area contributed by atoms with Gasteiger partial charge in [0.05, 0.1) is 12.2 Å². The highest BCUT2D eigenvalue weighted by Crippen LogP contribution is 2.25. The maximum Gasteiger partial charge on any atom is 0.256 e. The average Bonchev–Trinajstić information content (AvgIpc) is 2.64. The van der Waals surface area contributed by atoms with E-state index in [4.69, 9.17) is 16.3 Å². The zero-order valence-electron chi connectivity index (χ0n) is 14.6. The number of fused-ring (bicyclic) bond motifs is 1. The molecule has 3 aromatic rings. The molecule has 0 saturated heterocycles. The zero-order chi connectivity index (χ0) is 18.7. The van der Waals surface area contributed by atoms with Gasteiger partial charge >= 0.3 is 0 Å². The van der Waals surface area contributed by atoms with E-state index in [0.29, 0.717) is 40.3 Å². The van der Waals surface area contributed by atoms with E-state index in [2.05, 4.69) is 4.98 Å². The molecule has 0 spiro atoms. The lowest BCUT2D eigenvalue weighted by atomic mass is 10.1. The predicted molar refractivity (Wildman–Crippen MR) is 103 cm³/mol. The fraction of sp³-hybridized carbons (Fsp3) is 0.200. The Labute approximate surface area is 156 Å². The molecule has 134 valence electrons. The number of ether oxygens (including phenoxy) is 1. The Kier molecular flexibility index (Phi) is 5.28. The molecule has 26 heavy (non-hydrogen) atoms. The van der Waals surface area contributed by atoms with Crippen LogP contribution in [0.25, 0.3) is 10.8 Å². The number of rotatable bonds is 5. The molecule has 1 aromatic heterocycles. The van der Waals surface area contributed by atoms with Crippen LogP contribution in [0.15, 0.2) is 53.5 Å². The molecule has 3 rings (SSSR count). The zero-order valence-corrected chi connectivity index (χ0v) is 15.3. The minimum absolute atomic E-state index is 0.195. The van der Waals surface area contributed by atoms with Crippen molar-refractivity contribution in [3.05, 3.63) is 75.2 Å². The minimum Gasteiger partial charge on any atom is -0.494 e. The van der Waals surface area contributed by atoms with Crippen LogP contribution in [0.3, 0.4) is 0 Å². The number of hydrogen-bond acceptors (Lipinski definition) is 3. The highest BCUT2D eigenvalue weighted by atomic mass is 35.5. The summed E-state index contributed by atoms with van der Waals surface area (Å²) in [6.45, 7) is 2.76. The van der Waals surface area contributed by atoms with Gasteiger partial charge in [-0.15, -0.1) is 0 Å². The number of carbonyl (C=O) groups excluding carboxylic acids is 1. The number of halogens is 1. The Hall–Kier alpha value is -2.79. The summed E-state index contributed by atoms with van der Waals surface area (Å²) in [7, 11) is 1.71. The lowest BCUT2D eigenvalue weighted by molar-refractivity contribution is 0.0785. The lowest BCUT2D eigenvalue weighted by Crippen LogP contribution is -2.27. The van der Waals surface area contributed by atoms with Crippen molar-refractivity contribution in [3.63, 3.8) is 0 Å². The molecule has 0 fully saturated rings. The summed E-state index contributed by atoms with van der Waals surface area (Å²) >= 11 is 6.09. The molecule has 1 heterocycles. The van der Waals surface area contributed by atoms with Crippen molar-refractivity contribution in [1.82, 2.24) is 9.88 Å². The molecule has 5 nitrogen and oxygen atoms in total. The Morgan fingerprint density at radius 1 is 1.19 bits per heavy atom. The van der Waals surface area contributed by atoms with Crippen molar-refractivity contribution in [1.29, 1.82) is 0 Å². The number of nitrogens with one attached hydrogen (secondary N) is 1. The molecule has 0 aliphatic rings. The fourth-order valence-corrected chi connectivity index (χ4v) is 3.08. The van der Waals surface area contributed by atoms with E-state index in [1.54, 1.807) is 48.3 Å². The van der Waals surface area contributed by atoms with Crippen LogP contribution < -0.4 is 10.3 Å². The molecule has 0 aliphatic heterocycles. The van der Waals surface area contributed by atoms with Crippen LogP contribution in [-0.2, 0) is 6.54 Å². The van der Waals surface area contributed by atoms with Gasteiger partial charge < -0.3 is 14.6 Å². The number of aromatic amines is 1. The predicted octanol–water partition coefficient (Wildman–Crippen LogP) is 3.85. The van der Waals surface area contributed by atoms with Gasteiger partial charge in [-0.2, -0.15) is 0 Å². The van der Waals surface area contributed by atoms with Gasteiger partial charge in [0.2, 0.25) is 0 Å². The van der Waals surface area contributed by atoms with E-state index in [-0.39, 0.29) is 11.5 Å². The van der Waals surface area contributed by atoms with Crippen LogP contribution in [0.2, 0.25) is 5.02 Å². The van der Waals surface area contributed by atoms with Crippen molar-refractivity contribution in [2.75, 3.05) is 13.7 Å². The molecular weight excluding hydrogens is 352 g/mol. The van der Waals surface area contributed by atoms with Crippen LogP contribution in [-0.4, -0.2) is 29.4 Å². The third kappa shape index (κ3) is 3.58. The van der Waals surface area contributed by atoms with E-state index in [9.17, 15) is 9.59 Å². The van der Waals surface area contributed by atoms with E-state index in [1.807, 2.05) is 13.0 Å². The number of hydrogen-bond donors (Lipinski definition) is 1. The Morgan fingerprint density at radius 3 is 2.65 bits per heavy atom. The van der Waals surface area contributed by atoms with Gasteiger partial charge in [0, 0.05) is 41.1 Å². The number of carbonyl (C=O) groups is 1. The second kappa shape index (κ2) is 7.62. The van der Waals surface area contributed by atoms with Crippen molar-refractivity contribution in [2.45, 2.75) is 13.5 Å². The molecular formula is C20H19ClN2O3. The Bertz CT molecular complexity index is 1010. The Morgan fingerprint density at radius 2 is 1.92 bits per heavy atom. The highest BCUT2D eigenvalue weighted by molar-refractivity contribution is 6.30. The second-order valence-corrected chi connectivity index (χ2v) is 6.36. The molecule has 0 bridgehead atoms. The van der Waals surface area contributed by atoms with Crippen molar-refractivity contribution in [2.24, 2.45) is 0 Å². The van der Waals surface area contributed by atoms with Gasteiger partial charge in [0.1, 0.15) is 5.75 Å². The largest absolute Gasteiger partial charge is 0.494 e. The molecule has 1 amide bonds. The Balaban J connectivity index is 1.94. The summed E-state index contributed by atoms with van der Waals surface area (Å²) in [5.41, 5.74) is 1.06. The molecule has 1 N–H and O–H groups in total. The fourth-order valence-electron chi connectivity index (χ4n) is 2.89. The molecule has 0 aliphatic carbocycles. The first-order valence-electron chi connectivity index (χ1n) is 8.28. The van der Waals surface area contributed by atoms with E-state index in [1.165, 1.54) is 6.20 Å². The number of aromatic nitrogens is 1. The minimum atomic E-state index is -0.215. The van der Waals surface area contributed by atoms with Gasteiger partial charge in [0.15, 0.2) is 0 Å². The number of H-pyrrole nitrogens is 1. The standard InChI is InChI=1S/C20H19ClN2O3/c1-3-26-18-9-8-14(21)10-13(18)12-23(2)20(25)17-11-22-19(24)16-7-5-4-6-15(16)17/h4-11H,3,12H2,1-2H3,(H,22,24). The maximum absolute atomic E-state index is 13.0. The van der Waals surface area contributed by atoms with Crippen LogP contribution >= 0.6 is 11.6 Å². The summed E-state index contributed by atoms with van der Waals surface area (Å²) < 4.78 is 5.62. The second-order valence-electron chi connectivity index (χ2n) is 5.92. The van der Waals surface area contributed by atoms with Crippen LogP contribution in [0.5, 0.6) is 5.75 Å². The quantitative estimate of drug-likeness (QED) is 0.742. The van der Waals surface area contributed by atoms with Crippen molar-refractivity contribution in [3.8, 4) is 5.75 Å². The maximum atomic E-state index is 13.0. The molecule has 0 saturated carbocycles. The molecule has 6 heteroatoms. The summed E-state index contributed by atoms with van der Waals surface area (Å²) in [6.07, 6.45) is 1.46. The van der Waals surface area contributed by atoms with Gasteiger partial charge in [-0.3, -0.25) is 9.59 Å². The first-order chi connectivity index (χ1) is 12.5. The van der Waals surface area contributed by atoms with Gasteiger partial charge in [0.25, 0.3) is 11.5 Å². The van der Waals surface area contributed by atoms with Crippen LogP contribution in [0.1, 0.15) is 22.8 Å². The van der Waals surface area contributed by atoms with E-state index < -0.39 is 0 Å². The number of nitrogens with zero attached hydrogens (tertiary/aromatic N) is 1. The number of amides is 1. The third-order valence-corrected chi connectivity index (χ3v) is 4.35. The number of benzene rings is 2. The van der Waals surface area contributed by atoms with Gasteiger partial charge in [-0.1, -0.05) is 29.8 Å². The highest BCUT2D eigenvalue weighted by Gasteiger charge is 2.18. The number of pyridine rings is 1. The summed E-state index contributed by atoms with van der Waals surface area (Å²) in [5.74, 6) is 0.503. The average molecular weight is 371 g/mol. The normalized spacial score (nSPS) is 10.7. The van der Waals surface area contributed by atoms with E-state index >= 15 is 0 Å². The van der Waals surface area contributed by atoms with Crippen molar-refractivity contribution < 1.29 is 9.53 Å². The lowest BCUT2D eigenvalue weighted by Gasteiger charge is -2.20. The molecule has 0 atom stereocenters. The third-order valence-electron chi connectivity index (χ3n) is 4.12. The van der Waals surface area contributed by atoms with E-state index in [0.717, 1.165) is 5.56 Å². The first kappa shape index (κ1) is 18.0. The first-order valence-corrected chi connectivity index (χ1v) is 8.66. The topological polar surface area (TPSA) is 62.4 Å². The van der Waals surface area contributed by atoms with Gasteiger partial charge in [-0.05, 0) is 31.2 Å². The van der Waals surface area contributed by atoms with Crippen LogP contribution in [0, 0.1) is 0 Å². The van der Waals surface area contributed by atoms with Crippen molar-refractivity contribution >= 4 is 28.3 Å². The van der Waals surface area contributed by atoms with Crippen LogP contribution in [0.4, 0.5) is 0 Å². The SMILES string of the molecule is CCOc1ccc(Cl)cc1CN(C)C(=O)c1c[nH]c(=O)c2ccccc12. The summed E-state index contributed by atoms with van der Waals surface area (Å²) in [5, 5.41) is 1.70. The van der Waals surface area contributed by atoms with Gasteiger partial charge in [-0.25, -0.2) is 0 Å². The smallest absolute Gasteiger partial charge is 0.256 e. The summed E-state index contributed by atoms with van der Waals surface area (Å²) in [4.78, 5) is 29.1. The monoisotopic (exact) mass is 370 g/mol. The summed E-state index contributed by atoms with van der Waals surface area (Å²) in [6, 6.07) is 12.4. The molecule has 0 radical (unpaired) electrons.